The van der Waals surface area contributed by atoms with Crippen molar-refractivity contribution in [3.05, 3.63) is 43.1 Å². The number of carbonyl (C=O) groups is 3. The van der Waals surface area contributed by atoms with Crippen molar-refractivity contribution in [3.63, 3.8) is 0 Å². The number of likely N-dealkylation sites (tertiary alicyclic amines) is 1. The van der Waals surface area contributed by atoms with E-state index < -0.39 is 68.6 Å². The minimum atomic E-state index is -3.86. The van der Waals surface area contributed by atoms with Crippen LogP contribution in [-0.2, 0) is 24.3 Å². The largest absolute Gasteiger partial charge is 0.497 e. The summed E-state index contributed by atoms with van der Waals surface area (Å²) in [6.07, 6.45) is 1.61. The van der Waals surface area contributed by atoms with Crippen molar-refractivity contribution in [2.45, 2.75) is 81.2 Å². The monoisotopic (exact) mass is 659 g/mol. The van der Waals surface area contributed by atoms with Gasteiger partial charge in [0.1, 0.15) is 29.2 Å². The topological polar surface area (TPSA) is 185 Å². The molecule has 5 rings (SSSR count). The number of carbonyl (C=O) groups excluding carboxylic acids is 3. The Hall–Kier alpha value is -3.95. The lowest BCUT2D eigenvalue weighted by Gasteiger charge is -2.30. The van der Waals surface area contributed by atoms with E-state index in [1.165, 1.54) is 11.0 Å². The van der Waals surface area contributed by atoms with Gasteiger partial charge in [-0.05, 0) is 69.7 Å². The summed E-state index contributed by atoms with van der Waals surface area (Å²) in [6.45, 7) is 8.67. The molecule has 0 spiro atoms. The zero-order valence-corrected chi connectivity index (χ0v) is 27.1. The Morgan fingerprint density at radius 2 is 1.98 bits per heavy atom. The molecule has 1 aromatic carbocycles. The Bertz CT molecular complexity index is 1620. The predicted molar refractivity (Wildman–Crippen MR) is 167 cm³/mol. The zero-order valence-electron chi connectivity index (χ0n) is 26.3. The number of methoxy groups -OCH3 is 1. The summed E-state index contributed by atoms with van der Waals surface area (Å²) in [6, 6.07) is 6.24. The third-order valence-electron chi connectivity index (χ3n) is 8.28. The molecule has 0 radical (unpaired) electrons. The Kier molecular flexibility index (Phi) is 9.21. The Labute approximate surface area is 267 Å². The molecule has 15 heteroatoms. The predicted octanol–water partition coefficient (Wildman–Crippen LogP) is 1.58. The van der Waals surface area contributed by atoms with Gasteiger partial charge >= 0.3 is 6.09 Å². The van der Waals surface area contributed by atoms with E-state index in [1.807, 2.05) is 18.2 Å². The fourth-order valence-corrected chi connectivity index (χ4v) is 6.99. The number of aromatic nitrogens is 1. The number of alkyl carbamates (subject to hydrolysis) is 1. The molecule has 1 aromatic heterocycles. The van der Waals surface area contributed by atoms with Crippen LogP contribution in [-0.4, -0.2) is 96.3 Å². The number of hydrogen-bond acceptors (Lipinski definition) is 11. The highest BCUT2D eigenvalue weighted by atomic mass is 32.2. The van der Waals surface area contributed by atoms with Gasteiger partial charge < -0.3 is 30.0 Å². The van der Waals surface area contributed by atoms with Gasteiger partial charge in [0.2, 0.25) is 21.8 Å². The van der Waals surface area contributed by atoms with E-state index in [1.54, 1.807) is 40.1 Å². The Morgan fingerprint density at radius 1 is 1.24 bits per heavy atom. The zero-order chi connectivity index (χ0) is 33.4. The van der Waals surface area contributed by atoms with Gasteiger partial charge in [-0.3, -0.25) is 19.2 Å². The SMILES string of the molecule is C=C[C@@H]1CC1(NC(=O)[C@@H]1C[C@@H](Oc2nccc3cc(OC)ccc23)CN1C(O)CNC(=O)OC(C)(C)C)C(=O)NS(=O)(=O)C1CC1. The molecular formula is C31H41N5O9S. The molecule has 0 bridgehead atoms. The molecule has 3 fully saturated rings. The second-order valence-electron chi connectivity index (χ2n) is 12.9. The molecule has 5 atom stereocenters. The molecule has 46 heavy (non-hydrogen) atoms. The van der Waals surface area contributed by atoms with Gasteiger partial charge in [-0.15, -0.1) is 6.58 Å². The van der Waals surface area contributed by atoms with Gasteiger partial charge in [0.05, 0.1) is 24.9 Å². The number of nitrogens with zero attached hydrogens (tertiary/aromatic N) is 2. The Morgan fingerprint density at radius 3 is 2.61 bits per heavy atom. The van der Waals surface area contributed by atoms with Crippen LogP contribution >= 0.6 is 0 Å². The van der Waals surface area contributed by atoms with E-state index in [-0.39, 0.29) is 25.9 Å². The highest BCUT2D eigenvalue weighted by molar-refractivity contribution is 7.91. The first-order valence-electron chi connectivity index (χ1n) is 15.2. The second-order valence-corrected chi connectivity index (χ2v) is 14.9. The number of aliphatic hydroxyl groups is 1. The molecule has 14 nitrogen and oxygen atoms in total. The number of ether oxygens (including phenoxy) is 3. The summed E-state index contributed by atoms with van der Waals surface area (Å²) >= 11 is 0. The maximum Gasteiger partial charge on any atom is 0.407 e. The molecule has 1 aliphatic heterocycles. The lowest BCUT2D eigenvalue weighted by atomic mass is 10.1. The number of fused-ring (bicyclic) bond motifs is 1. The molecule has 3 amide bonds. The number of rotatable bonds is 12. The molecule has 2 aromatic rings. The molecule has 3 aliphatic rings. The summed E-state index contributed by atoms with van der Waals surface area (Å²) in [4.78, 5) is 45.3. The van der Waals surface area contributed by atoms with Crippen molar-refractivity contribution in [3.8, 4) is 11.6 Å². The van der Waals surface area contributed by atoms with Crippen molar-refractivity contribution in [2.75, 3.05) is 20.2 Å². The van der Waals surface area contributed by atoms with Gasteiger partial charge in [0, 0.05) is 30.5 Å². The van der Waals surface area contributed by atoms with Crippen LogP contribution < -0.4 is 24.8 Å². The normalized spacial score (nSPS) is 25.3. The van der Waals surface area contributed by atoms with Crippen LogP contribution in [0.25, 0.3) is 10.8 Å². The maximum absolute atomic E-state index is 13.9. The lowest BCUT2D eigenvalue weighted by molar-refractivity contribution is -0.134. The first-order chi connectivity index (χ1) is 21.7. The van der Waals surface area contributed by atoms with Crippen LogP contribution in [0, 0.1) is 5.92 Å². The smallest absolute Gasteiger partial charge is 0.407 e. The fraction of sp³-hybridized carbons (Fsp3) is 0.548. The van der Waals surface area contributed by atoms with Crippen molar-refractivity contribution in [1.29, 1.82) is 0 Å². The van der Waals surface area contributed by atoms with E-state index in [2.05, 4.69) is 26.9 Å². The number of sulfonamides is 1. The van der Waals surface area contributed by atoms with Crippen LogP contribution in [0.3, 0.4) is 0 Å². The molecule has 250 valence electrons. The van der Waals surface area contributed by atoms with Crippen LogP contribution in [0.2, 0.25) is 0 Å². The minimum absolute atomic E-state index is 0.0730. The van der Waals surface area contributed by atoms with Crippen molar-refractivity contribution in [2.24, 2.45) is 5.92 Å². The molecule has 2 aliphatic carbocycles. The highest BCUT2D eigenvalue weighted by Crippen LogP contribution is 2.45. The molecular weight excluding hydrogens is 618 g/mol. The number of aliphatic hydroxyl groups excluding tert-OH is 1. The minimum Gasteiger partial charge on any atom is -0.497 e. The fourth-order valence-electron chi connectivity index (χ4n) is 5.63. The van der Waals surface area contributed by atoms with Gasteiger partial charge in [0.25, 0.3) is 5.91 Å². The van der Waals surface area contributed by atoms with Gasteiger partial charge in [-0.1, -0.05) is 6.08 Å². The van der Waals surface area contributed by atoms with Gasteiger partial charge in [-0.2, -0.15) is 0 Å². The van der Waals surface area contributed by atoms with E-state index in [0.717, 1.165) is 5.39 Å². The molecule has 4 N–H and O–H groups in total. The summed E-state index contributed by atoms with van der Waals surface area (Å²) in [5.74, 6) is -0.931. The number of benzene rings is 1. The van der Waals surface area contributed by atoms with Crippen molar-refractivity contribution >= 4 is 38.7 Å². The van der Waals surface area contributed by atoms with E-state index in [0.29, 0.717) is 29.9 Å². The Balaban J connectivity index is 1.35. The molecule has 2 unspecified atom stereocenters. The first kappa shape index (κ1) is 33.4. The van der Waals surface area contributed by atoms with Crippen molar-refractivity contribution in [1.82, 2.24) is 25.2 Å². The third kappa shape index (κ3) is 7.37. The average Bonchev–Trinajstić information content (AvgIpc) is 3.91. The van der Waals surface area contributed by atoms with E-state index in [4.69, 9.17) is 14.2 Å². The number of pyridine rings is 1. The summed E-state index contributed by atoms with van der Waals surface area (Å²) < 4.78 is 44.1. The third-order valence-corrected chi connectivity index (χ3v) is 10.1. The maximum atomic E-state index is 13.9. The van der Waals surface area contributed by atoms with Crippen LogP contribution in [0.5, 0.6) is 11.6 Å². The van der Waals surface area contributed by atoms with E-state index >= 15 is 0 Å². The molecule has 2 heterocycles. The molecule has 2 saturated carbocycles. The van der Waals surface area contributed by atoms with Crippen LogP contribution in [0.4, 0.5) is 4.79 Å². The lowest BCUT2D eigenvalue weighted by Crippen LogP contribution is -2.58. The average molecular weight is 660 g/mol. The second kappa shape index (κ2) is 12.7. The van der Waals surface area contributed by atoms with Crippen LogP contribution in [0.15, 0.2) is 43.1 Å². The quantitative estimate of drug-likeness (QED) is 0.243. The first-order valence-corrected chi connectivity index (χ1v) is 16.7. The summed E-state index contributed by atoms with van der Waals surface area (Å²) in [5.41, 5.74) is -2.26. The van der Waals surface area contributed by atoms with Gasteiger partial charge in [0.15, 0.2) is 0 Å². The number of nitrogens with one attached hydrogen (secondary N) is 3. The van der Waals surface area contributed by atoms with E-state index in [9.17, 15) is 27.9 Å². The van der Waals surface area contributed by atoms with Gasteiger partial charge in [-0.25, -0.2) is 18.2 Å². The summed E-state index contributed by atoms with van der Waals surface area (Å²) in [7, 11) is -2.29. The molecule has 1 saturated heterocycles. The number of hydrogen-bond donors (Lipinski definition) is 4. The van der Waals surface area contributed by atoms with Crippen molar-refractivity contribution < 1.29 is 42.1 Å². The number of amides is 3. The standard InChI is InChI=1S/C31H41N5O9S/c1-6-19-15-31(19,28(39)35-46(41,42)22-8-9-22)34-26(38)24-14-21(17-36(24)25(37)16-33-29(40)45-30(2,3)4)44-27-23-10-7-20(43-5)13-18(23)11-12-32-27/h6-7,10-13,19,21-22,24-25,37H,1,8-9,14-17H2,2-5H3,(H,33,40)(H,34,38)(H,35,39)/t19-,21-,24+,25?,31?/m1/s1. The van der Waals surface area contributed by atoms with Crippen LogP contribution in [0.1, 0.15) is 46.5 Å². The summed E-state index contributed by atoms with van der Waals surface area (Å²) in [5, 5.41) is 17.4. The highest BCUT2D eigenvalue weighted by Gasteiger charge is 2.62.